The molecule has 0 aliphatic rings. The minimum absolute atomic E-state index is 0. The van der Waals surface area contributed by atoms with E-state index in [1.165, 1.54) is 0 Å². The maximum atomic E-state index is 4.97. The number of rotatable bonds is 6. The van der Waals surface area contributed by atoms with Gasteiger partial charge in [-0.2, -0.15) is 0 Å². The summed E-state index contributed by atoms with van der Waals surface area (Å²) in [7, 11) is 7.60. The molecule has 17 heavy (non-hydrogen) atoms. The predicted molar refractivity (Wildman–Crippen MR) is 84.4 cm³/mol. The normalized spacial score (nSPS) is 12.3. The first-order chi connectivity index (χ1) is 7.44. The van der Waals surface area contributed by atoms with Crippen LogP contribution in [0, 0.1) is 0 Å². The summed E-state index contributed by atoms with van der Waals surface area (Å²) in [6, 6.07) is 0. The SMILES string of the molecule is CN=C(NCCOC)NCC(C)(C)N(C)C.I. The van der Waals surface area contributed by atoms with Crippen molar-refractivity contribution in [3.05, 3.63) is 0 Å². The number of halogens is 1. The molecule has 0 amide bonds. The van der Waals surface area contributed by atoms with E-state index in [0.717, 1.165) is 19.0 Å². The zero-order chi connectivity index (χ0) is 12.6. The highest BCUT2D eigenvalue weighted by Gasteiger charge is 2.20. The van der Waals surface area contributed by atoms with Crippen LogP contribution in [0.25, 0.3) is 0 Å². The Labute approximate surface area is 122 Å². The van der Waals surface area contributed by atoms with E-state index in [4.69, 9.17) is 4.74 Å². The summed E-state index contributed by atoms with van der Waals surface area (Å²) in [4.78, 5) is 6.33. The molecule has 0 heterocycles. The molecule has 0 spiro atoms. The first-order valence-corrected chi connectivity index (χ1v) is 5.55. The van der Waals surface area contributed by atoms with E-state index in [1.807, 2.05) is 0 Å². The van der Waals surface area contributed by atoms with Crippen molar-refractivity contribution in [2.75, 3.05) is 47.9 Å². The topological polar surface area (TPSA) is 48.9 Å². The Kier molecular flexibility index (Phi) is 11.2. The van der Waals surface area contributed by atoms with E-state index in [0.29, 0.717) is 6.61 Å². The lowest BCUT2D eigenvalue weighted by atomic mass is 10.0. The number of hydrogen-bond acceptors (Lipinski definition) is 3. The molecule has 5 nitrogen and oxygen atoms in total. The molecule has 0 aliphatic heterocycles. The Hall–Kier alpha value is -0.0800. The highest BCUT2D eigenvalue weighted by molar-refractivity contribution is 14.0. The summed E-state index contributed by atoms with van der Waals surface area (Å²) in [5, 5.41) is 6.47. The largest absolute Gasteiger partial charge is 0.383 e. The summed E-state index contributed by atoms with van der Waals surface area (Å²) < 4.78 is 4.97. The number of ether oxygens (including phenoxy) is 1. The minimum atomic E-state index is 0. The summed E-state index contributed by atoms with van der Waals surface area (Å²) in [6.45, 7) is 6.65. The molecule has 104 valence electrons. The third kappa shape index (κ3) is 8.62. The third-order valence-electron chi connectivity index (χ3n) is 2.72. The van der Waals surface area contributed by atoms with Gasteiger partial charge in [0.15, 0.2) is 5.96 Å². The van der Waals surface area contributed by atoms with E-state index in [9.17, 15) is 0 Å². The maximum absolute atomic E-state index is 4.97. The average Bonchev–Trinajstić information content (AvgIpc) is 2.23. The second kappa shape index (κ2) is 9.90. The Balaban J connectivity index is 0. The van der Waals surface area contributed by atoms with Crippen molar-refractivity contribution in [2.24, 2.45) is 4.99 Å². The fraction of sp³-hybridized carbons (Fsp3) is 0.909. The number of nitrogens with one attached hydrogen (secondary N) is 2. The Morgan fingerprint density at radius 3 is 2.29 bits per heavy atom. The lowest BCUT2D eigenvalue weighted by molar-refractivity contribution is 0.195. The van der Waals surface area contributed by atoms with Crippen molar-refractivity contribution < 1.29 is 4.74 Å². The zero-order valence-corrected chi connectivity index (χ0v) is 14.2. The molecule has 0 aromatic rings. The van der Waals surface area contributed by atoms with Gasteiger partial charge in [-0.1, -0.05) is 0 Å². The first-order valence-electron chi connectivity index (χ1n) is 5.55. The number of methoxy groups -OCH3 is 1. The monoisotopic (exact) mass is 358 g/mol. The molecule has 6 heteroatoms. The van der Waals surface area contributed by atoms with Crippen LogP contribution < -0.4 is 10.6 Å². The molecule has 0 radical (unpaired) electrons. The molecule has 0 atom stereocenters. The fourth-order valence-corrected chi connectivity index (χ4v) is 0.950. The number of hydrogen-bond donors (Lipinski definition) is 2. The van der Waals surface area contributed by atoms with Crippen LogP contribution in [0.2, 0.25) is 0 Å². The van der Waals surface area contributed by atoms with Crippen molar-refractivity contribution in [1.29, 1.82) is 0 Å². The average molecular weight is 358 g/mol. The molecular formula is C11H27IN4O. The molecule has 0 fully saturated rings. The molecule has 0 unspecified atom stereocenters. The highest BCUT2D eigenvalue weighted by atomic mass is 127. The van der Waals surface area contributed by atoms with Gasteiger partial charge < -0.3 is 20.3 Å². The predicted octanol–water partition coefficient (Wildman–Crippen LogP) is 0.756. The van der Waals surface area contributed by atoms with Gasteiger partial charge in [-0.15, -0.1) is 24.0 Å². The molecule has 0 bridgehead atoms. The number of aliphatic imine (C=N–C) groups is 1. The Bertz CT molecular complexity index is 220. The van der Waals surface area contributed by atoms with Crippen molar-refractivity contribution in [1.82, 2.24) is 15.5 Å². The quantitative estimate of drug-likeness (QED) is 0.319. The standard InChI is InChI=1S/C11H26N4O.HI/c1-11(2,15(4)5)9-14-10(12-3)13-7-8-16-6;/h7-9H2,1-6H3,(H2,12,13,14);1H. The van der Waals surface area contributed by atoms with Crippen LogP contribution in [0.15, 0.2) is 4.99 Å². The lowest BCUT2D eigenvalue weighted by Crippen LogP contribution is -2.51. The first kappa shape index (κ1) is 19.3. The summed E-state index contributed by atoms with van der Waals surface area (Å²) >= 11 is 0. The van der Waals surface area contributed by atoms with Gasteiger partial charge in [0.05, 0.1) is 6.61 Å². The van der Waals surface area contributed by atoms with Gasteiger partial charge in [0.25, 0.3) is 0 Å². The van der Waals surface area contributed by atoms with Crippen molar-refractivity contribution in [3.63, 3.8) is 0 Å². The molecule has 0 saturated carbocycles. The number of guanidine groups is 1. The van der Waals surface area contributed by atoms with Gasteiger partial charge >= 0.3 is 0 Å². The second-order valence-electron chi connectivity index (χ2n) is 4.55. The Morgan fingerprint density at radius 1 is 1.29 bits per heavy atom. The zero-order valence-electron chi connectivity index (χ0n) is 11.8. The van der Waals surface area contributed by atoms with Crippen LogP contribution >= 0.6 is 24.0 Å². The fourth-order valence-electron chi connectivity index (χ4n) is 0.950. The van der Waals surface area contributed by atoms with Gasteiger partial charge in [0.1, 0.15) is 0 Å². The van der Waals surface area contributed by atoms with E-state index in [1.54, 1.807) is 14.2 Å². The molecule has 0 rings (SSSR count). The van der Waals surface area contributed by atoms with E-state index < -0.39 is 0 Å². The number of nitrogens with zero attached hydrogens (tertiary/aromatic N) is 2. The van der Waals surface area contributed by atoms with Gasteiger partial charge in [-0.25, -0.2) is 0 Å². The van der Waals surface area contributed by atoms with Gasteiger partial charge in [0.2, 0.25) is 0 Å². The van der Waals surface area contributed by atoms with Crippen LogP contribution in [0.1, 0.15) is 13.8 Å². The highest BCUT2D eigenvalue weighted by Crippen LogP contribution is 2.07. The van der Waals surface area contributed by atoms with Gasteiger partial charge in [-0.3, -0.25) is 4.99 Å². The summed E-state index contributed by atoms with van der Waals surface area (Å²) in [6.07, 6.45) is 0. The molecule has 0 aromatic carbocycles. The molecule has 0 saturated heterocycles. The van der Waals surface area contributed by atoms with Gasteiger partial charge in [-0.05, 0) is 27.9 Å². The molecule has 2 N–H and O–H groups in total. The van der Waals surface area contributed by atoms with Crippen LogP contribution in [-0.2, 0) is 4.74 Å². The third-order valence-corrected chi connectivity index (χ3v) is 2.72. The van der Waals surface area contributed by atoms with E-state index in [2.05, 4.69) is 48.5 Å². The lowest BCUT2D eigenvalue weighted by Gasteiger charge is -2.33. The summed E-state index contributed by atoms with van der Waals surface area (Å²) in [5.41, 5.74) is 0.0961. The van der Waals surface area contributed by atoms with E-state index in [-0.39, 0.29) is 29.5 Å². The van der Waals surface area contributed by atoms with Crippen LogP contribution in [-0.4, -0.2) is 64.3 Å². The second-order valence-corrected chi connectivity index (χ2v) is 4.55. The summed E-state index contributed by atoms with van der Waals surface area (Å²) in [5.74, 6) is 0.812. The van der Waals surface area contributed by atoms with Crippen molar-refractivity contribution in [2.45, 2.75) is 19.4 Å². The van der Waals surface area contributed by atoms with E-state index >= 15 is 0 Å². The van der Waals surface area contributed by atoms with Crippen LogP contribution in [0.4, 0.5) is 0 Å². The van der Waals surface area contributed by atoms with Crippen molar-refractivity contribution in [3.8, 4) is 0 Å². The van der Waals surface area contributed by atoms with Crippen LogP contribution in [0.3, 0.4) is 0 Å². The molecule has 0 aromatic heterocycles. The Morgan fingerprint density at radius 2 is 1.88 bits per heavy atom. The molecule has 0 aliphatic carbocycles. The number of likely N-dealkylation sites (N-methyl/N-ethyl adjacent to an activating group) is 1. The van der Waals surface area contributed by atoms with Gasteiger partial charge in [0, 0.05) is 32.8 Å². The maximum Gasteiger partial charge on any atom is 0.191 e. The minimum Gasteiger partial charge on any atom is -0.383 e. The van der Waals surface area contributed by atoms with Crippen molar-refractivity contribution >= 4 is 29.9 Å². The smallest absolute Gasteiger partial charge is 0.191 e. The van der Waals surface area contributed by atoms with Crippen LogP contribution in [0.5, 0.6) is 0 Å². The molecular weight excluding hydrogens is 331 g/mol.